The fraction of sp³-hybridized carbons (Fsp3) is 0.400. The van der Waals surface area contributed by atoms with Crippen LogP contribution >= 0.6 is 11.8 Å². The first-order valence-corrected chi connectivity index (χ1v) is 12.4. The Labute approximate surface area is 200 Å². The molecule has 182 valence electrons. The molecular weight excluding hydrogens is 463 g/mol. The number of carbonyl (C=O) groups excluding carboxylic acids is 1. The third-order valence-corrected chi connectivity index (χ3v) is 6.33. The average molecular weight is 492 g/mol. The van der Waals surface area contributed by atoms with E-state index in [-0.39, 0.29) is 11.6 Å². The standard InChI is InChI=1S/C25H28F3N3O2S/c1-2-3-15-29-22(32)14-5-4-8-16-34-24-30-21-13-7-6-12-20(21)23(33)31(24)19-11-9-10-18(17-19)25(26,27)28/h6-7,9-13,17H,2-5,8,14-16H2,1H3,(H,29,32). The maximum Gasteiger partial charge on any atom is 0.416 e. The van der Waals surface area contributed by atoms with Gasteiger partial charge >= 0.3 is 6.18 Å². The van der Waals surface area contributed by atoms with Gasteiger partial charge in [-0.2, -0.15) is 13.2 Å². The van der Waals surface area contributed by atoms with Crippen LogP contribution in [0.5, 0.6) is 0 Å². The second kappa shape index (κ2) is 12.1. The average Bonchev–Trinajstić information content (AvgIpc) is 2.81. The van der Waals surface area contributed by atoms with Crippen molar-refractivity contribution in [3.05, 3.63) is 64.4 Å². The number of fused-ring (bicyclic) bond motifs is 1. The smallest absolute Gasteiger partial charge is 0.356 e. The van der Waals surface area contributed by atoms with Gasteiger partial charge < -0.3 is 5.32 Å². The number of nitrogens with zero attached hydrogens (tertiary/aromatic N) is 2. The number of amides is 1. The SMILES string of the molecule is CCCCNC(=O)CCCCCSc1nc2ccccc2c(=O)n1-c1cccc(C(F)(F)F)c1. The van der Waals surface area contributed by atoms with Gasteiger partial charge in [-0.25, -0.2) is 4.98 Å². The number of benzene rings is 2. The summed E-state index contributed by atoms with van der Waals surface area (Å²) in [5, 5.41) is 3.59. The fourth-order valence-corrected chi connectivity index (χ4v) is 4.49. The summed E-state index contributed by atoms with van der Waals surface area (Å²) >= 11 is 1.33. The van der Waals surface area contributed by atoms with E-state index >= 15 is 0 Å². The Morgan fingerprint density at radius 1 is 1.06 bits per heavy atom. The number of unbranched alkanes of at least 4 members (excludes halogenated alkanes) is 3. The monoisotopic (exact) mass is 491 g/mol. The summed E-state index contributed by atoms with van der Waals surface area (Å²) in [6.07, 6.45) is 0.329. The van der Waals surface area contributed by atoms with Crippen molar-refractivity contribution in [1.29, 1.82) is 0 Å². The van der Waals surface area contributed by atoms with Gasteiger partial charge in [0.1, 0.15) is 0 Å². The van der Waals surface area contributed by atoms with E-state index in [2.05, 4.69) is 17.2 Å². The molecule has 3 aromatic rings. The minimum Gasteiger partial charge on any atom is -0.356 e. The number of rotatable bonds is 11. The minimum atomic E-state index is -4.51. The van der Waals surface area contributed by atoms with Gasteiger partial charge in [0, 0.05) is 18.7 Å². The molecule has 0 unspecified atom stereocenters. The lowest BCUT2D eigenvalue weighted by Crippen LogP contribution is -2.23. The van der Waals surface area contributed by atoms with Crippen molar-refractivity contribution in [1.82, 2.24) is 14.9 Å². The molecule has 1 heterocycles. The van der Waals surface area contributed by atoms with Crippen LogP contribution in [0.15, 0.2) is 58.5 Å². The lowest BCUT2D eigenvalue weighted by molar-refractivity contribution is -0.137. The molecule has 34 heavy (non-hydrogen) atoms. The number of carbonyl (C=O) groups is 1. The Morgan fingerprint density at radius 3 is 2.62 bits per heavy atom. The molecule has 5 nitrogen and oxygen atoms in total. The summed E-state index contributed by atoms with van der Waals surface area (Å²) in [4.78, 5) is 29.6. The molecule has 1 aromatic heterocycles. The number of nitrogens with one attached hydrogen (secondary N) is 1. The van der Waals surface area contributed by atoms with Gasteiger partial charge in [-0.1, -0.05) is 49.7 Å². The van der Waals surface area contributed by atoms with Gasteiger partial charge in [-0.15, -0.1) is 0 Å². The second-order valence-corrected chi connectivity index (χ2v) is 9.02. The van der Waals surface area contributed by atoms with Crippen molar-refractivity contribution < 1.29 is 18.0 Å². The summed E-state index contributed by atoms with van der Waals surface area (Å²) in [5.74, 6) is 0.678. The molecular formula is C25H28F3N3O2S. The molecule has 2 aromatic carbocycles. The van der Waals surface area contributed by atoms with Crippen molar-refractivity contribution in [3.8, 4) is 5.69 Å². The number of hydrogen-bond donors (Lipinski definition) is 1. The molecule has 0 saturated heterocycles. The van der Waals surface area contributed by atoms with Crippen LogP contribution < -0.4 is 10.9 Å². The maximum atomic E-state index is 13.3. The fourth-order valence-electron chi connectivity index (χ4n) is 3.48. The van der Waals surface area contributed by atoms with Crippen LogP contribution in [0.4, 0.5) is 13.2 Å². The Balaban J connectivity index is 1.74. The summed E-state index contributed by atoms with van der Waals surface area (Å²) in [6.45, 7) is 2.77. The summed E-state index contributed by atoms with van der Waals surface area (Å²) < 4.78 is 41.1. The van der Waals surface area contributed by atoms with Crippen molar-refractivity contribution >= 4 is 28.6 Å². The lowest BCUT2D eigenvalue weighted by Gasteiger charge is -2.15. The van der Waals surface area contributed by atoms with Crippen LogP contribution in [0.25, 0.3) is 16.6 Å². The molecule has 0 atom stereocenters. The normalized spacial score (nSPS) is 11.6. The number of halogens is 3. The van der Waals surface area contributed by atoms with E-state index in [1.807, 2.05) is 0 Å². The van der Waals surface area contributed by atoms with Crippen molar-refractivity contribution in [2.45, 2.75) is 56.8 Å². The van der Waals surface area contributed by atoms with E-state index in [9.17, 15) is 22.8 Å². The minimum absolute atomic E-state index is 0.0516. The van der Waals surface area contributed by atoms with Crippen LogP contribution in [-0.4, -0.2) is 27.8 Å². The van der Waals surface area contributed by atoms with E-state index < -0.39 is 17.3 Å². The van der Waals surface area contributed by atoms with Crippen LogP contribution in [0.3, 0.4) is 0 Å². The highest BCUT2D eigenvalue weighted by molar-refractivity contribution is 7.99. The number of alkyl halides is 3. The second-order valence-electron chi connectivity index (χ2n) is 7.96. The highest BCUT2D eigenvalue weighted by atomic mass is 32.2. The number of thioether (sulfide) groups is 1. The molecule has 0 saturated carbocycles. The lowest BCUT2D eigenvalue weighted by atomic mass is 10.2. The molecule has 0 radical (unpaired) electrons. The van der Waals surface area contributed by atoms with Crippen molar-refractivity contribution in [2.24, 2.45) is 0 Å². The topological polar surface area (TPSA) is 64.0 Å². The zero-order valence-electron chi connectivity index (χ0n) is 19.0. The van der Waals surface area contributed by atoms with Crippen molar-refractivity contribution in [3.63, 3.8) is 0 Å². The zero-order chi connectivity index (χ0) is 24.6. The molecule has 3 rings (SSSR count). The first kappa shape index (κ1) is 25.8. The molecule has 0 aliphatic rings. The third-order valence-electron chi connectivity index (χ3n) is 5.31. The summed E-state index contributed by atoms with van der Waals surface area (Å²) in [7, 11) is 0. The van der Waals surface area contributed by atoms with Gasteiger partial charge in [0.05, 0.1) is 22.2 Å². The van der Waals surface area contributed by atoms with Gasteiger partial charge in [-0.3, -0.25) is 14.2 Å². The van der Waals surface area contributed by atoms with Crippen LogP contribution in [0.2, 0.25) is 0 Å². The highest BCUT2D eigenvalue weighted by Gasteiger charge is 2.30. The van der Waals surface area contributed by atoms with E-state index in [4.69, 9.17) is 0 Å². The number of aromatic nitrogens is 2. The molecule has 0 aliphatic carbocycles. The molecule has 0 bridgehead atoms. The Morgan fingerprint density at radius 2 is 1.85 bits per heavy atom. The quantitative estimate of drug-likeness (QED) is 0.204. The molecule has 0 spiro atoms. The van der Waals surface area contributed by atoms with E-state index in [1.165, 1.54) is 28.5 Å². The van der Waals surface area contributed by atoms with E-state index in [1.54, 1.807) is 24.3 Å². The van der Waals surface area contributed by atoms with Gasteiger partial charge in [0.25, 0.3) is 5.56 Å². The third kappa shape index (κ3) is 6.85. The van der Waals surface area contributed by atoms with Crippen LogP contribution in [0, 0.1) is 0 Å². The van der Waals surface area contributed by atoms with E-state index in [0.717, 1.165) is 44.2 Å². The first-order chi connectivity index (χ1) is 16.3. The van der Waals surface area contributed by atoms with Gasteiger partial charge in [-0.05, 0) is 49.6 Å². The predicted molar refractivity (Wildman–Crippen MR) is 129 cm³/mol. The van der Waals surface area contributed by atoms with E-state index in [0.29, 0.717) is 34.8 Å². The van der Waals surface area contributed by atoms with Gasteiger partial charge in [0.2, 0.25) is 5.91 Å². The van der Waals surface area contributed by atoms with Gasteiger partial charge in [0.15, 0.2) is 5.16 Å². The number of hydrogen-bond acceptors (Lipinski definition) is 4. The Bertz CT molecular complexity index is 1180. The highest BCUT2D eigenvalue weighted by Crippen LogP contribution is 2.31. The molecule has 0 aliphatic heterocycles. The largest absolute Gasteiger partial charge is 0.416 e. The Hall–Kier alpha value is -2.81. The van der Waals surface area contributed by atoms with Crippen molar-refractivity contribution in [2.75, 3.05) is 12.3 Å². The summed E-state index contributed by atoms with van der Waals surface area (Å²) in [6, 6.07) is 11.5. The summed E-state index contributed by atoms with van der Waals surface area (Å²) in [5.41, 5.74) is -0.597. The predicted octanol–water partition coefficient (Wildman–Crippen LogP) is 5.97. The van der Waals surface area contributed by atoms with Crippen LogP contribution in [-0.2, 0) is 11.0 Å². The maximum absolute atomic E-state index is 13.3. The Kier molecular flexibility index (Phi) is 9.15. The number of para-hydroxylation sites is 1. The molecule has 9 heteroatoms. The molecule has 1 amide bonds. The first-order valence-electron chi connectivity index (χ1n) is 11.4. The molecule has 0 fully saturated rings. The van der Waals surface area contributed by atoms with Crippen LogP contribution in [0.1, 0.15) is 51.0 Å². The molecule has 1 N–H and O–H groups in total. The zero-order valence-corrected chi connectivity index (χ0v) is 19.8.